The van der Waals surface area contributed by atoms with E-state index in [2.05, 4.69) is 38.1 Å². The van der Waals surface area contributed by atoms with Crippen molar-refractivity contribution in [3.05, 3.63) is 35.4 Å². The molecule has 0 atom stereocenters. The van der Waals surface area contributed by atoms with Crippen molar-refractivity contribution < 1.29 is 0 Å². The molecule has 2 aliphatic carbocycles. The molecule has 0 heteroatoms. The number of hydrogen-bond donors (Lipinski definition) is 0. The molecule has 0 aliphatic heterocycles. The smallest absolute Gasteiger partial charge is 0.0276 e. The Labute approximate surface area is 188 Å². The molecule has 2 fully saturated rings. The van der Waals surface area contributed by atoms with Gasteiger partial charge in [0.2, 0.25) is 0 Å². The molecule has 2 aliphatic rings. The lowest BCUT2D eigenvalue weighted by Gasteiger charge is -2.38. The normalized spacial score (nSPS) is 27.3. The van der Waals surface area contributed by atoms with E-state index in [9.17, 15) is 0 Å². The summed E-state index contributed by atoms with van der Waals surface area (Å²) in [5.74, 6) is 4.22. The first-order valence-electron chi connectivity index (χ1n) is 13.9. The van der Waals surface area contributed by atoms with Gasteiger partial charge in [0.1, 0.15) is 0 Å². The summed E-state index contributed by atoms with van der Waals surface area (Å²) in [6.07, 6.45) is 26.2. The number of hydrogen-bond acceptors (Lipinski definition) is 0. The highest BCUT2D eigenvalue weighted by molar-refractivity contribution is 5.22. The summed E-state index contributed by atoms with van der Waals surface area (Å²) < 4.78 is 0. The molecule has 3 rings (SSSR count). The highest BCUT2D eigenvalue weighted by Gasteiger charge is 2.30. The molecule has 0 heterocycles. The lowest BCUT2D eigenvalue weighted by atomic mass is 9.68. The first-order valence-corrected chi connectivity index (χ1v) is 13.9. The zero-order chi connectivity index (χ0) is 21.0. The van der Waals surface area contributed by atoms with Gasteiger partial charge < -0.3 is 0 Å². The van der Waals surface area contributed by atoms with Crippen LogP contribution < -0.4 is 0 Å². The second-order valence-electron chi connectivity index (χ2n) is 10.9. The van der Waals surface area contributed by atoms with Gasteiger partial charge in [-0.15, -0.1) is 0 Å². The van der Waals surface area contributed by atoms with Gasteiger partial charge in [-0.2, -0.15) is 0 Å². The molecule has 0 nitrogen and oxygen atoms in total. The summed E-state index contributed by atoms with van der Waals surface area (Å²) in [6.45, 7) is 4.61. The summed E-state index contributed by atoms with van der Waals surface area (Å²) in [5.41, 5.74) is 3.09. The fraction of sp³-hybridized carbons (Fsp3) is 0.800. The number of unbranched alkanes of at least 4 members (excludes halogenated alkanes) is 4. The molecule has 0 amide bonds. The van der Waals surface area contributed by atoms with Gasteiger partial charge in [-0.25, -0.2) is 0 Å². The Morgan fingerprint density at radius 2 is 1.03 bits per heavy atom. The van der Waals surface area contributed by atoms with Crippen LogP contribution in [-0.2, 0) is 12.8 Å². The topological polar surface area (TPSA) is 0 Å². The van der Waals surface area contributed by atoms with E-state index in [1.54, 1.807) is 31.2 Å². The minimum atomic E-state index is 0.996. The van der Waals surface area contributed by atoms with E-state index < -0.39 is 0 Å². The minimum Gasteiger partial charge on any atom is -0.0654 e. The van der Waals surface area contributed by atoms with Crippen LogP contribution in [0.2, 0.25) is 0 Å². The molecule has 170 valence electrons. The van der Waals surface area contributed by atoms with E-state index in [1.165, 1.54) is 95.5 Å². The standard InChI is InChI=1S/C30H50/c1-3-5-7-8-10-26-17-21-29(22-18-26)30-23-19-28(20-24-30)16-15-27-13-11-25(12-14-27)9-6-4-2/h11-14,26,28-30H,3-10,15-24H2,1-2H3/t26-,28-,29-,30-. The molecule has 0 aromatic heterocycles. The quantitative estimate of drug-likeness (QED) is 0.301. The fourth-order valence-electron chi connectivity index (χ4n) is 6.38. The molecular weight excluding hydrogens is 360 g/mol. The van der Waals surface area contributed by atoms with Crippen molar-refractivity contribution >= 4 is 0 Å². The third-order valence-corrected chi connectivity index (χ3v) is 8.60. The van der Waals surface area contributed by atoms with Crippen molar-refractivity contribution in [1.82, 2.24) is 0 Å². The van der Waals surface area contributed by atoms with Crippen LogP contribution in [0, 0.1) is 23.7 Å². The van der Waals surface area contributed by atoms with E-state index in [0.717, 1.165) is 23.7 Å². The van der Waals surface area contributed by atoms with Crippen LogP contribution in [0.3, 0.4) is 0 Å². The van der Waals surface area contributed by atoms with E-state index in [-0.39, 0.29) is 0 Å². The maximum atomic E-state index is 2.40. The van der Waals surface area contributed by atoms with Gasteiger partial charge >= 0.3 is 0 Å². The van der Waals surface area contributed by atoms with Gasteiger partial charge in [-0.05, 0) is 86.2 Å². The summed E-state index contributed by atoms with van der Waals surface area (Å²) >= 11 is 0. The molecule has 0 spiro atoms. The van der Waals surface area contributed by atoms with Crippen molar-refractivity contribution in [2.45, 2.75) is 129 Å². The molecule has 0 unspecified atom stereocenters. The Bertz CT molecular complexity index is 540. The van der Waals surface area contributed by atoms with E-state index >= 15 is 0 Å². The first-order chi connectivity index (χ1) is 14.8. The summed E-state index contributed by atoms with van der Waals surface area (Å²) in [7, 11) is 0. The predicted molar refractivity (Wildman–Crippen MR) is 133 cm³/mol. The van der Waals surface area contributed by atoms with Crippen LogP contribution in [0.15, 0.2) is 24.3 Å². The second-order valence-corrected chi connectivity index (χ2v) is 10.9. The van der Waals surface area contributed by atoms with E-state index in [1.807, 2.05) is 0 Å². The van der Waals surface area contributed by atoms with Gasteiger partial charge in [0.15, 0.2) is 0 Å². The van der Waals surface area contributed by atoms with Gasteiger partial charge in [0.05, 0.1) is 0 Å². The Balaban J connectivity index is 1.29. The molecule has 2 saturated carbocycles. The van der Waals surface area contributed by atoms with Crippen LogP contribution in [0.4, 0.5) is 0 Å². The van der Waals surface area contributed by atoms with Crippen LogP contribution >= 0.6 is 0 Å². The lowest BCUT2D eigenvalue weighted by Crippen LogP contribution is -2.26. The highest BCUT2D eigenvalue weighted by atomic mass is 14.4. The third kappa shape index (κ3) is 8.05. The summed E-state index contributed by atoms with van der Waals surface area (Å²) in [4.78, 5) is 0. The summed E-state index contributed by atoms with van der Waals surface area (Å²) in [5, 5.41) is 0. The highest BCUT2D eigenvalue weighted by Crippen LogP contribution is 2.43. The fourth-order valence-corrected chi connectivity index (χ4v) is 6.38. The molecular formula is C30H50. The van der Waals surface area contributed by atoms with Crippen molar-refractivity contribution in [3.63, 3.8) is 0 Å². The average molecular weight is 411 g/mol. The van der Waals surface area contributed by atoms with Gasteiger partial charge in [0.25, 0.3) is 0 Å². The van der Waals surface area contributed by atoms with E-state index in [4.69, 9.17) is 0 Å². The first kappa shape index (κ1) is 23.9. The predicted octanol–water partition coefficient (Wildman–Crippen LogP) is 9.54. The monoisotopic (exact) mass is 410 g/mol. The zero-order valence-corrected chi connectivity index (χ0v) is 20.3. The van der Waals surface area contributed by atoms with Crippen LogP contribution in [-0.4, -0.2) is 0 Å². The van der Waals surface area contributed by atoms with Gasteiger partial charge in [-0.3, -0.25) is 0 Å². The maximum Gasteiger partial charge on any atom is -0.0276 e. The number of benzene rings is 1. The van der Waals surface area contributed by atoms with Crippen molar-refractivity contribution in [2.24, 2.45) is 23.7 Å². The summed E-state index contributed by atoms with van der Waals surface area (Å²) in [6, 6.07) is 9.55. The largest absolute Gasteiger partial charge is 0.0654 e. The van der Waals surface area contributed by atoms with Gasteiger partial charge in [-0.1, -0.05) is 102 Å². The Morgan fingerprint density at radius 3 is 1.57 bits per heavy atom. The van der Waals surface area contributed by atoms with E-state index in [0.29, 0.717) is 0 Å². The number of rotatable bonds is 12. The SMILES string of the molecule is CCCCCC[C@H]1CC[C@H]([C@H]2CC[C@H](CCc3ccc(CCCC)cc3)CC2)CC1. The molecule has 0 radical (unpaired) electrons. The second kappa shape index (κ2) is 13.6. The number of aryl methyl sites for hydroxylation is 2. The van der Waals surface area contributed by atoms with Crippen molar-refractivity contribution in [1.29, 1.82) is 0 Å². The Hall–Kier alpha value is -0.780. The Kier molecular flexibility index (Phi) is 10.8. The molecule has 0 N–H and O–H groups in total. The average Bonchev–Trinajstić information content (AvgIpc) is 2.81. The molecule has 0 saturated heterocycles. The minimum absolute atomic E-state index is 0.996. The van der Waals surface area contributed by atoms with Crippen LogP contribution in [0.25, 0.3) is 0 Å². The van der Waals surface area contributed by atoms with Crippen molar-refractivity contribution in [2.75, 3.05) is 0 Å². The lowest BCUT2D eigenvalue weighted by molar-refractivity contribution is 0.140. The molecule has 1 aromatic carbocycles. The maximum absolute atomic E-state index is 2.40. The molecule has 1 aromatic rings. The van der Waals surface area contributed by atoms with Crippen LogP contribution in [0.5, 0.6) is 0 Å². The van der Waals surface area contributed by atoms with Crippen LogP contribution in [0.1, 0.15) is 128 Å². The van der Waals surface area contributed by atoms with Crippen molar-refractivity contribution in [3.8, 4) is 0 Å². The third-order valence-electron chi connectivity index (χ3n) is 8.60. The molecule has 0 bridgehead atoms. The molecule has 30 heavy (non-hydrogen) atoms. The zero-order valence-electron chi connectivity index (χ0n) is 20.3. The van der Waals surface area contributed by atoms with Gasteiger partial charge in [0, 0.05) is 0 Å². The Morgan fingerprint density at radius 1 is 0.533 bits per heavy atom.